The van der Waals surface area contributed by atoms with E-state index in [-0.39, 0.29) is 36.1 Å². The van der Waals surface area contributed by atoms with Gasteiger partial charge in [0.1, 0.15) is 6.54 Å². The van der Waals surface area contributed by atoms with Crippen LogP contribution in [0.2, 0.25) is 0 Å². The van der Waals surface area contributed by atoms with Gasteiger partial charge < -0.3 is 5.32 Å². The normalized spacial score (nSPS) is 21.1. The highest BCUT2D eigenvalue weighted by Crippen LogP contribution is 2.34. The van der Waals surface area contributed by atoms with Crippen LogP contribution in [0.15, 0.2) is 54.9 Å². The lowest BCUT2D eigenvalue weighted by Gasteiger charge is -2.14. The fourth-order valence-corrected chi connectivity index (χ4v) is 3.77. The number of rotatable bonds is 6. The van der Waals surface area contributed by atoms with Crippen molar-refractivity contribution in [3.8, 4) is 0 Å². The molecule has 3 amide bonds. The molecule has 2 heterocycles. The van der Waals surface area contributed by atoms with E-state index >= 15 is 0 Å². The molecule has 28 heavy (non-hydrogen) atoms. The highest BCUT2D eigenvalue weighted by atomic mass is 16.2. The molecule has 144 valence electrons. The van der Waals surface area contributed by atoms with Crippen molar-refractivity contribution < 1.29 is 14.4 Å². The lowest BCUT2D eigenvalue weighted by molar-refractivity contribution is -0.143. The summed E-state index contributed by atoms with van der Waals surface area (Å²) >= 11 is 0. The molecule has 2 atom stereocenters. The van der Waals surface area contributed by atoms with Crippen LogP contribution in [0.4, 0.5) is 0 Å². The van der Waals surface area contributed by atoms with Crippen LogP contribution in [0.3, 0.4) is 0 Å². The van der Waals surface area contributed by atoms with E-state index in [1.54, 1.807) is 6.20 Å². The SMILES string of the molecule is O=C(CN1C(=O)[C@@H]2CC=CC[C@H]2C1=O)NCc1ccc(Cn2cccn2)cc1. The summed E-state index contributed by atoms with van der Waals surface area (Å²) in [4.78, 5) is 38.2. The minimum Gasteiger partial charge on any atom is -0.350 e. The Bertz CT molecular complexity index is 876. The van der Waals surface area contributed by atoms with Crippen molar-refractivity contribution in [2.24, 2.45) is 11.8 Å². The number of nitrogens with zero attached hydrogens (tertiary/aromatic N) is 3. The van der Waals surface area contributed by atoms with E-state index in [4.69, 9.17) is 0 Å². The van der Waals surface area contributed by atoms with Crippen LogP contribution >= 0.6 is 0 Å². The largest absolute Gasteiger partial charge is 0.350 e. The van der Waals surface area contributed by atoms with Crippen LogP contribution < -0.4 is 5.32 Å². The van der Waals surface area contributed by atoms with Crippen LogP contribution in [0.1, 0.15) is 24.0 Å². The Morgan fingerprint density at radius 2 is 1.68 bits per heavy atom. The maximum Gasteiger partial charge on any atom is 0.240 e. The third-order valence-corrected chi connectivity index (χ3v) is 5.32. The minimum atomic E-state index is -0.325. The standard InChI is InChI=1S/C21H22N4O3/c26-19(14-25-20(27)17-4-1-2-5-18(17)21(25)28)22-12-15-6-8-16(9-7-15)13-24-11-3-10-23-24/h1-3,6-11,17-18H,4-5,12-14H2,(H,22,26)/t17-,18-/m1/s1. The smallest absolute Gasteiger partial charge is 0.240 e. The lowest BCUT2D eigenvalue weighted by Crippen LogP contribution is -2.40. The number of fused-ring (bicyclic) bond motifs is 1. The molecule has 1 aromatic carbocycles. The van der Waals surface area contributed by atoms with Gasteiger partial charge >= 0.3 is 0 Å². The first-order valence-corrected chi connectivity index (χ1v) is 9.44. The Kier molecular flexibility index (Phi) is 5.06. The number of imide groups is 1. The third kappa shape index (κ3) is 3.74. The fraction of sp³-hybridized carbons (Fsp3) is 0.333. The van der Waals surface area contributed by atoms with Crippen molar-refractivity contribution in [3.05, 3.63) is 66.0 Å². The predicted molar refractivity (Wildman–Crippen MR) is 102 cm³/mol. The van der Waals surface area contributed by atoms with Gasteiger partial charge in [-0.1, -0.05) is 36.4 Å². The van der Waals surface area contributed by atoms with Gasteiger partial charge in [-0.2, -0.15) is 5.10 Å². The molecule has 1 aromatic heterocycles. The first-order chi connectivity index (χ1) is 13.6. The number of likely N-dealkylation sites (tertiary alicyclic amines) is 1. The molecule has 1 N–H and O–H groups in total. The highest BCUT2D eigenvalue weighted by molar-refractivity contribution is 6.07. The molecular weight excluding hydrogens is 356 g/mol. The topological polar surface area (TPSA) is 84.3 Å². The summed E-state index contributed by atoms with van der Waals surface area (Å²) in [5.41, 5.74) is 2.07. The van der Waals surface area contributed by atoms with Crippen molar-refractivity contribution in [2.45, 2.75) is 25.9 Å². The summed E-state index contributed by atoms with van der Waals surface area (Å²) in [5, 5.41) is 6.97. The Hall–Kier alpha value is -3.22. The minimum absolute atomic E-state index is 0.206. The molecule has 2 aromatic rings. The first-order valence-electron chi connectivity index (χ1n) is 9.44. The summed E-state index contributed by atoms with van der Waals surface area (Å²) in [6, 6.07) is 9.77. The molecule has 7 heteroatoms. The number of carbonyl (C=O) groups excluding carboxylic acids is 3. The second kappa shape index (κ2) is 7.80. The molecule has 1 fully saturated rings. The van der Waals surface area contributed by atoms with Gasteiger partial charge in [-0.05, 0) is 30.0 Å². The van der Waals surface area contributed by atoms with E-state index in [9.17, 15) is 14.4 Å². The number of aromatic nitrogens is 2. The molecule has 1 saturated heterocycles. The third-order valence-electron chi connectivity index (χ3n) is 5.32. The Balaban J connectivity index is 1.29. The second-order valence-corrected chi connectivity index (χ2v) is 7.22. The number of hydrogen-bond acceptors (Lipinski definition) is 4. The van der Waals surface area contributed by atoms with E-state index in [1.807, 2.05) is 53.4 Å². The van der Waals surface area contributed by atoms with Gasteiger partial charge in [-0.25, -0.2) is 0 Å². The quantitative estimate of drug-likeness (QED) is 0.610. The van der Waals surface area contributed by atoms with Gasteiger partial charge in [0, 0.05) is 18.9 Å². The van der Waals surface area contributed by atoms with Crippen molar-refractivity contribution >= 4 is 17.7 Å². The van der Waals surface area contributed by atoms with Gasteiger partial charge in [0.2, 0.25) is 17.7 Å². The number of carbonyl (C=O) groups is 3. The monoisotopic (exact) mass is 378 g/mol. The number of amides is 3. The molecule has 4 rings (SSSR count). The molecule has 7 nitrogen and oxygen atoms in total. The molecule has 0 spiro atoms. The van der Waals surface area contributed by atoms with Gasteiger partial charge in [0.25, 0.3) is 0 Å². The molecule has 0 unspecified atom stereocenters. The van der Waals surface area contributed by atoms with Gasteiger partial charge in [-0.15, -0.1) is 0 Å². The van der Waals surface area contributed by atoms with Crippen molar-refractivity contribution in [1.82, 2.24) is 20.0 Å². The zero-order chi connectivity index (χ0) is 19.5. The van der Waals surface area contributed by atoms with Crippen molar-refractivity contribution in [1.29, 1.82) is 0 Å². The van der Waals surface area contributed by atoms with E-state index in [2.05, 4.69) is 10.4 Å². The zero-order valence-corrected chi connectivity index (χ0v) is 15.5. The molecule has 0 saturated carbocycles. The highest BCUT2D eigenvalue weighted by Gasteiger charge is 2.47. The summed E-state index contributed by atoms with van der Waals surface area (Å²) in [7, 11) is 0. The summed E-state index contributed by atoms with van der Waals surface area (Å²) in [5.74, 6) is -1.37. The molecule has 0 radical (unpaired) electrons. The molecule has 0 bridgehead atoms. The average Bonchev–Trinajstić information content (AvgIpc) is 3.31. The van der Waals surface area contributed by atoms with Gasteiger partial charge in [0.15, 0.2) is 0 Å². The molecule has 1 aliphatic heterocycles. The Labute approximate surface area is 163 Å². The summed E-state index contributed by atoms with van der Waals surface area (Å²) in [6.07, 6.45) is 8.68. The molecule has 1 aliphatic carbocycles. The number of allylic oxidation sites excluding steroid dienone is 2. The zero-order valence-electron chi connectivity index (χ0n) is 15.5. The lowest BCUT2D eigenvalue weighted by atomic mass is 9.85. The summed E-state index contributed by atoms with van der Waals surface area (Å²) in [6.45, 7) is 0.837. The van der Waals surface area contributed by atoms with E-state index in [0.29, 0.717) is 25.9 Å². The number of benzene rings is 1. The van der Waals surface area contributed by atoms with Crippen LogP contribution in [0, 0.1) is 11.8 Å². The van der Waals surface area contributed by atoms with E-state index in [0.717, 1.165) is 16.0 Å². The van der Waals surface area contributed by atoms with Gasteiger partial charge in [0.05, 0.1) is 18.4 Å². The average molecular weight is 378 g/mol. The molecular formula is C21H22N4O3. The fourth-order valence-electron chi connectivity index (χ4n) is 3.77. The second-order valence-electron chi connectivity index (χ2n) is 7.22. The van der Waals surface area contributed by atoms with Crippen molar-refractivity contribution in [3.63, 3.8) is 0 Å². The predicted octanol–water partition coefficient (Wildman–Crippen LogP) is 1.50. The maximum absolute atomic E-state index is 12.4. The number of hydrogen-bond donors (Lipinski definition) is 1. The van der Waals surface area contributed by atoms with Crippen LogP contribution in [0.25, 0.3) is 0 Å². The van der Waals surface area contributed by atoms with Crippen LogP contribution in [0.5, 0.6) is 0 Å². The maximum atomic E-state index is 12.4. The summed E-state index contributed by atoms with van der Waals surface area (Å²) < 4.78 is 1.84. The number of nitrogens with one attached hydrogen (secondary N) is 1. The van der Waals surface area contributed by atoms with Gasteiger partial charge in [-0.3, -0.25) is 24.0 Å². The van der Waals surface area contributed by atoms with Crippen LogP contribution in [-0.2, 0) is 27.5 Å². The van der Waals surface area contributed by atoms with Crippen molar-refractivity contribution in [2.75, 3.05) is 6.54 Å². The first kappa shape index (κ1) is 18.2. The Morgan fingerprint density at radius 1 is 1.04 bits per heavy atom. The van der Waals surface area contributed by atoms with E-state index < -0.39 is 0 Å². The Morgan fingerprint density at radius 3 is 2.29 bits per heavy atom. The van der Waals surface area contributed by atoms with Crippen LogP contribution in [-0.4, -0.2) is 38.9 Å². The molecule has 2 aliphatic rings. The van der Waals surface area contributed by atoms with E-state index in [1.165, 1.54) is 0 Å².